The Morgan fingerprint density at radius 1 is 0.941 bits per heavy atom. The summed E-state index contributed by atoms with van der Waals surface area (Å²) in [6.45, 7) is 13.5. The number of aliphatic hydroxyl groups is 2. The number of carbonyl (C=O) groups is 1. The third kappa shape index (κ3) is 3.48. The van der Waals surface area contributed by atoms with Crippen molar-refractivity contribution < 1.29 is 19.7 Å². The lowest BCUT2D eigenvalue weighted by molar-refractivity contribution is -0.234. The van der Waals surface area contributed by atoms with Crippen molar-refractivity contribution in [1.29, 1.82) is 0 Å². The Hall–Kier alpha value is -0.870. The number of fused-ring (bicyclic) bond motifs is 7. The summed E-state index contributed by atoms with van der Waals surface area (Å²) >= 11 is 0. The van der Waals surface area contributed by atoms with Crippen molar-refractivity contribution in [3.8, 4) is 0 Å². The molecular formula is C30H50O4. The van der Waals surface area contributed by atoms with E-state index >= 15 is 0 Å². The van der Waals surface area contributed by atoms with E-state index in [1.54, 1.807) is 7.11 Å². The van der Waals surface area contributed by atoms with Crippen LogP contribution in [0.2, 0.25) is 0 Å². The minimum atomic E-state index is -0.188. The number of hydrogen-bond donors (Lipinski definition) is 2. The van der Waals surface area contributed by atoms with Crippen LogP contribution < -0.4 is 0 Å². The molecule has 4 nitrogen and oxygen atoms in total. The number of hydrogen-bond acceptors (Lipinski definition) is 4. The molecule has 0 aliphatic heterocycles. The highest BCUT2D eigenvalue weighted by Crippen LogP contribution is 2.76. The van der Waals surface area contributed by atoms with E-state index in [-0.39, 0.29) is 24.1 Å². The maximum absolute atomic E-state index is 13.0. The van der Waals surface area contributed by atoms with Gasteiger partial charge in [0.1, 0.15) is 0 Å². The Balaban J connectivity index is 0.000000636. The fraction of sp³-hybridized carbons (Fsp3) is 0.900. The van der Waals surface area contributed by atoms with Gasteiger partial charge in [-0.1, -0.05) is 40.2 Å². The van der Waals surface area contributed by atoms with Crippen LogP contribution in [0.15, 0.2) is 12.7 Å². The lowest BCUT2D eigenvalue weighted by Gasteiger charge is -2.71. The smallest absolute Gasteiger partial charge is 0.312 e. The fourth-order valence-electron chi connectivity index (χ4n) is 10.7. The van der Waals surface area contributed by atoms with E-state index in [0.29, 0.717) is 39.9 Å². The molecule has 4 heteroatoms. The molecule has 0 aromatic rings. The molecule has 10 atom stereocenters. The first-order valence-electron chi connectivity index (χ1n) is 14.0. The lowest BCUT2D eigenvalue weighted by Crippen LogP contribution is -2.65. The normalized spacial score (nSPS) is 51.5. The molecule has 0 saturated heterocycles. The standard InChI is InChI=1S/C27H44O3.C3H6O/c1-17-18-10-14-26(4)22(24(18,2)13-11-21(17)28)9-8-19-20-7-6-12-27(20,23(29)30-5)16-15-25(19,26)3;1-2-3-4/h17-22,28H,6-16H2,1-5H3;2,4H,1,3H2. The van der Waals surface area contributed by atoms with E-state index < -0.39 is 0 Å². The van der Waals surface area contributed by atoms with Gasteiger partial charge in [0.05, 0.1) is 25.2 Å². The van der Waals surface area contributed by atoms with Gasteiger partial charge in [-0.2, -0.15) is 0 Å². The third-order valence-electron chi connectivity index (χ3n) is 12.6. The number of methoxy groups -OCH3 is 1. The maximum Gasteiger partial charge on any atom is 0.312 e. The van der Waals surface area contributed by atoms with Crippen LogP contribution >= 0.6 is 0 Å². The van der Waals surface area contributed by atoms with Gasteiger partial charge in [-0.05, 0) is 110 Å². The molecule has 34 heavy (non-hydrogen) atoms. The molecule has 10 unspecified atom stereocenters. The second kappa shape index (κ2) is 9.21. The molecular weight excluding hydrogens is 424 g/mol. The molecule has 0 heterocycles. The first kappa shape index (κ1) is 26.2. The van der Waals surface area contributed by atoms with E-state index in [9.17, 15) is 9.90 Å². The van der Waals surface area contributed by atoms with Crippen LogP contribution in [0.25, 0.3) is 0 Å². The summed E-state index contributed by atoms with van der Waals surface area (Å²) in [5.41, 5.74) is 0.864. The zero-order chi connectivity index (χ0) is 24.9. The molecule has 0 aromatic carbocycles. The molecule has 0 aromatic heterocycles. The van der Waals surface area contributed by atoms with Crippen LogP contribution in [0.3, 0.4) is 0 Å². The van der Waals surface area contributed by atoms with Crippen LogP contribution in [-0.2, 0) is 9.53 Å². The molecule has 5 aliphatic carbocycles. The van der Waals surface area contributed by atoms with Gasteiger partial charge in [-0.25, -0.2) is 0 Å². The highest BCUT2D eigenvalue weighted by atomic mass is 16.5. The monoisotopic (exact) mass is 474 g/mol. The number of esters is 1. The first-order chi connectivity index (χ1) is 16.1. The SMILES string of the molecule is C=CCO.COC(=O)C12CCCC1C1CCC3C4(C)CCC(O)C(C)C4CCC3(C)C1(C)CC2. The van der Waals surface area contributed by atoms with Crippen LogP contribution in [0.5, 0.6) is 0 Å². The average molecular weight is 475 g/mol. The summed E-state index contributed by atoms with van der Waals surface area (Å²) in [4.78, 5) is 13.0. The molecule has 5 fully saturated rings. The van der Waals surface area contributed by atoms with E-state index in [0.717, 1.165) is 25.2 Å². The van der Waals surface area contributed by atoms with Crippen molar-refractivity contribution in [1.82, 2.24) is 0 Å². The zero-order valence-electron chi connectivity index (χ0n) is 22.4. The molecule has 0 spiro atoms. The van der Waals surface area contributed by atoms with E-state index in [2.05, 4.69) is 34.3 Å². The molecule has 5 saturated carbocycles. The van der Waals surface area contributed by atoms with Crippen LogP contribution in [0, 0.1) is 51.2 Å². The quantitative estimate of drug-likeness (QED) is 0.372. The number of ether oxygens (including phenoxy) is 1. The summed E-state index contributed by atoms with van der Waals surface area (Å²) in [7, 11) is 1.60. The van der Waals surface area contributed by atoms with Crippen LogP contribution in [0.4, 0.5) is 0 Å². The number of aliphatic hydroxyl groups excluding tert-OH is 2. The minimum absolute atomic E-state index is 0.0833. The number of carbonyl (C=O) groups excluding carboxylic acids is 1. The van der Waals surface area contributed by atoms with Crippen molar-refractivity contribution >= 4 is 5.97 Å². The van der Waals surface area contributed by atoms with Gasteiger partial charge in [0.15, 0.2) is 0 Å². The third-order valence-corrected chi connectivity index (χ3v) is 12.6. The van der Waals surface area contributed by atoms with E-state index in [1.807, 2.05) is 0 Å². The second-order valence-electron chi connectivity index (χ2n) is 13.3. The fourth-order valence-corrected chi connectivity index (χ4v) is 10.7. The molecule has 0 amide bonds. The van der Waals surface area contributed by atoms with Gasteiger partial charge in [-0.3, -0.25) is 4.79 Å². The Morgan fingerprint density at radius 3 is 2.29 bits per heavy atom. The predicted octanol–water partition coefficient (Wildman–Crippen LogP) is 6.15. The Kier molecular flexibility index (Phi) is 7.10. The minimum Gasteiger partial charge on any atom is -0.469 e. The Morgan fingerprint density at radius 2 is 1.65 bits per heavy atom. The lowest BCUT2D eigenvalue weighted by atomic mass is 9.33. The highest BCUT2D eigenvalue weighted by Gasteiger charge is 2.70. The van der Waals surface area contributed by atoms with Crippen LogP contribution in [0.1, 0.15) is 98.3 Å². The zero-order valence-corrected chi connectivity index (χ0v) is 22.4. The Labute approximate surface area is 207 Å². The van der Waals surface area contributed by atoms with Gasteiger partial charge in [0.2, 0.25) is 0 Å². The molecule has 2 N–H and O–H groups in total. The van der Waals surface area contributed by atoms with Gasteiger partial charge in [-0.15, -0.1) is 6.58 Å². The molecule has 5 aliphatic rings. The van der Waals surface area contributed by atoms with Crippen molar-refractivity contribution in [2.45, 2.75) is 104 Å². The molecule has 5 rings (SSSR count). The second-order valence-corrected chi connectivity index (χ2v) is 13.3. The molecule has 194 valence electrons. The molecule has 0 radical (unpaired) electrons. The average Bonchev–Trinajstić information content (AvgIpc) is 3.27. The topological polar surface area (TPSA) is 66.8 Å². The maximum atomic E-state index is 13.0. The summed E-state index contributed by atoms with van der Waals surface area (Å²) in [6.07, 6.45) is 14.4. The van der Waals surface area contributed by atoms with Crippen LogP contribution in [-0.4, -0.2) is 36.0 Å². The van der Waals surface area contributed by atoms with E-state index in [1.165, 1.54) is 57.4 Å². The van der Waals surface area contributed by atoms with Crippen molar-refractivity contribution in [2.24, 2.45) is 51.2 Å². The van der Waals surface area contributed by atoms with E-state index in [4.69, 9.17) is 9.84 Å². The summed E-state index contributed by atoms with van der Waals surface area (Å²) in [5, 5.41) is 18.3. The van der Waals surface area contributed by atoms with Gasteiger partial charge in [0, 0.05) is 0 Å². The van der Waals surface area contributed by atoms with Gasteiger partial charge >= 0.3 is 5.97 Å². The van der Waals surface area contributed by atoms with Crippen molar-refractivity contribution in [3.63, 3.8) is 0 Å². The van der Waals surface area contributed by atoms with Gasteiger partial charge < -0.3 is 14.9 Å². The summed E-state index contributed by atoms with van der Waals surface area (Å²) < 4.78 is 5.38. The highest BCUT2D eigenvalue weighted by molar-refractivity contribution is 5.78. The summed E-state index contributed by atoms with van der Waals surface area (Å²) in [6, 6.07) is 0. The Bertz CT molecular complexity index is 780. The van der Waals surface area contributed by atoms with Crippen molar-refractivity contribution in [2.75, 3.05) is 13.7 Å². The number of rotatable bonds is 2. The molecule has 0 bridgehead atoms. The van der Waals surface area contributed by atoms with Gasteiger partial charge in [0.25, 0.3) is 0 Å². The summed E-state index contributed by atoms with van der Waals surface area (Å²) in [5.74, 6) is 3.15. The largest absolute Gasteiger partial charge is 0.469 e. The first-order valence-corrected chi connectivity index (χ1v) is 14.0. The predicted molar refractivity (Wildman–Crippen MR) is 136 cm³/mol. The van der Waals surface area contributed by atoms with Crippen molar-refractivity contribution in [3.05, 3.63) is 12.7 Å².